The molecule has 0 amide bonds. The first kappa shape index (κ1) is 14.7. The molecule has 1 heterocycles. The zero-order valence-electron chi connectivity index (χ0n) is 11.1. The lowest BCUT2D eigenvalue weighted by molar-refractivity contribution is 0.261. The standard InChI is InChI=1S/C13H20ClNOS/c1-9(2)8-16-12-11(14)6-10(7-15-12)13(3,4)17-5/h6-7,9H,8H2,1-5H3. The highest BCUT2D eigenvalue weighted by Crippen LogP contribution is 2.36. The normalized spacial score (nSPS) is 11.9. The highest BCUT2D eigenvalue weighted by Gasteiger charge is 2.20. The number of rotatable bonds is 5. The Hall–Kier alpha value is -0.410. The van der Waals surface area contributed by atoms with Crippen LogP contribution in [0.15, 0.2) is 12.3 Å². The molecular weight excluding hydrogens is 254 g/mol. The molecule has 1 rings (SSSR count). The Labute approximate surface area is 113 Å². The Balaban J connectivity index is 2.86. The van der Waals surface area contributed by atoms with Gasteiger partial charge in [0.15, 0.2) is 0 Å². The highest BCUT2D eigenvalue weighted by atomic mass is 35.5. The molecule has 0 aliphatic carbocycles. The molecule has 1 aromatic heterocycles. The van der Waals surface area contributed by atoms with Crippen LogP contribution in [0, 0.1) is 5.92 Å². The summed E-state index contributed by atoms with van der Waals surface area (Å²) in [6.45, 7) is 9.13. The SMILES string of the molecule is CSC(C)(C)c1cnc(OCC(C)C)c(Cl)c1. The van der Waals surface area contributed by atoms with Gasteiger partial charge in [-0.05, 0) is 37.7 Å². The lowest BCUT2D eigenvalue weighted by Crippen LogP contribution is -2.12. The average molecular weight is 274 g/mol. The number of pyridine rings is 1. The van der Waals surface area contributed by atoms with E-state index in [1.165, 1.54) is 0 Å². The first-order valence-corrected chi connectivity index (χ1v) is 7.31. The van der Waals surface area contributed by atoms with Crippen LogP contribution in [0.4, 0.5) is 0 Å². The lowest BCUT2D eigenvalue weighted by atomic mass is 10.1. The van der Waals surface area contributed by atoms with E-state index in [9.17, 15) is 0 Å². The van der Waals surface area contributed by atoms with Gasteiger partial charge in [0.25, 0.3) is 0 Å². The summed E-state index contributed by atoms with van der Waals surface area (Å²) in [5, 5.41) is 0.588. The predicted molar refractivity (Wildman–Crippen MR) is 76.1 cm³/mol. The summed E-state index contributed by atoms with van der Waals surface area (Å²) >= 11 is 7.95. The molecule has 0 unspecified atom stereocenters. The first-order chi connectivity index (χ1) is 7.86. The molecule has 1 aromatic rings. The first-order valence-electron chi connectivity index (χ1n) is 5.70. The Morgan fingerprint density at radius 1 is 1.47 bits per heavy atom. The smallest absolute Gasteiger partial charge is 0.232 e. The molecule has 0 N–H and O–H groups in total. The summed E-state index contributed by atoms with van der Waals surface area (Å²) < 4.78 is 5.57. The topological polar surface area (TPSA) is 22.1 Å². The second kappa shape index (κ2) is 5.96. The number of hydrogen-bond donors (Lipinski definition) is 0. The Morgan fingerprint density at radius 2 is 2.12 bits per heavy atom. The number of aromatic nitrogens is 1. The van der Waals surface area contributed by atoms with Crippen molar-refractivity contribution in [3.05, 3.63) is 22.8 Å². The van der Waals surface area contributed by atoms with E-state index in [1.807, 2.05) is 12.3 Å². The fraction of sp³-hybridized carbons (Fsp3) is 0.615. The van der Waals surface area contributed by atoms with Crippen molar-refractivity contribution in [2.75, 3.05) is 12.9 Å². The van der Waals surface area contributed by atoms with E-state index in [0.29, 0.717) is 23.4 Å². The number of thioether (sulfide) groups is 1. The molecule has 4 heteroatoms. The van der Waals surface area contributed by atoms with Gasteiger partial charge in [-0.2, -0.15) is 11.8 Å². The van der Waals surface area contributed by atoms with Gasteiger partial charge in [0.05, 0.1) is 6.61 Å². The van der Waals surface area contributed by atoms with Crippen LogP contribution in [-0.2, 0) is 4.75 Å². The van der Waals surface area contributed by atoms with Crippen LogP contribution in [0.25, 0.3) is 0 Å². The van der Waals surface area contributed by atoms with Crippen molar-refractivity contribution in [3.8, 4) is 5.88 Å². The summed E-state index contributed by atoms with van der Waals surface area (Å²) in [6, 6.07) is 1.95. The fourth-order valence-electron chi connectivity index (χ4n) is 1.22. The zero-order chi connectivity index (χ0) is 13.1. The second-order valence-corrected chi connectivity index (χ2v) is 6.77. The van der Waals surface area contributed by atoms with Crippen molar-refractivity contribution in [1.82, 2.24) is 4.98 Å². The van der Waals surface area contributed by atoms with Gasteiger partial charge >= 0.3 is 0 Å². The summed E-state index contributed by atoms with van der Waals surface area (Å²) in [4.78, 5) is 4.30. The van der Waals surface area contributed by atoms with Crippen molar-refractivity contribution in [2.24, 2.45) is 5.92 Å². The highest BCUT2D eigenvalue weighted by molar-refractivity contribution is 7.99. The minimum atomic E-state index is 0.0210. The molecule has 0 fully saturated rings. The molecule has 0 saturated carbocycles. The van der Waals surface area contributed by atoms with E-state index in [-0.39, 0.29) is 4.75 Å². The third-order valence-electron chi connectivity index (χ3n) is 2.57. The van der Waals surface area contributed by atoms with Crippen molar-refractivity contribution >= 4 is 23.4 Å². The van der Waals surface area contributed by atoms with Gasteiger partial charge in [-0.3, -0.25) is 0 Å². The lowest BCUT2D eigenvalue weighted by Gasteiger charge is -2.22. The molecule has 0 atom stereocenters. The van der Waals surface area contributed by atoms with Gasteiger partial charge < -0.3 is 4.74 Å². The molecule has 17 heavy (non-hydrogen) atoms. The zero-order valence-corrected chi connectivity index (χ0v) is 12.7. The molecule has 0 aliphatic heterocycles. The van der Waals surface area contributed by atoms with E-state index in [1.54, 1.807) is 11.8 Å². The van der Waals surface area contributed by atoms with Gasteiger partial charge in [-0.15, -0.1) is 0 Å². The van der Waals surface area contributed by atoms with Gasteiger partial charge in [-0.1, -0.05) is 25.4 Å². The minimum absolute atomic E-state index is 0.0210. The van der Waals surface area contributed by atoms with Crippen molar-refractivity contribution in [1.29, 1.82) is 0 Å². The maximum Gasteiger partial charge on any atom is 0.232 e. The van der Waals surface area contributed by atoms with Crippen LogP contribution in [0.1, 0.15) is 33.3 Å². The molecule has 0 aromatic carbocycles. The number of halogens is 1. The molecule has 0 spiro atoms. The van der Waals surface area contributed by atoms with Crippen LogP contribution < -0.4 is 4.74 Å². The van der Waals surface area contributed by atoms with Gasteiger partial charge in [0, 0.05) is 10.9 Å². The monoisotopic (exact) mass is 273 g/mol. The summed E-state index contributed by atoms with van der Waals surface area (Å²) in [6.07, 6.45) is 3.93. The van der Waals surface area contributed by atoms with E-state index in [2.05, 4.69) is 38.9 Å². The van der Waals surface area contributed by atoms with Crippen LogP contribution in [0.2, 0.25) is 5.02 Å². The second-order valence-electron chi connectivity index (χ2n) is 4.93. The number of hydrogen-bond acceptors (Lipinski definition) is 3. The van der Waals surface area contributed by atoms with Crippen molar-refractivity contribution in [2.45, 2.75) is 32.4 Å². The largest absolute Gasteiger partial charge is 0.476 e. The Morgan fingerprint density at radius 3 is 2.59 bits per heavy atom. The summed E-state index contributed by atoms with van der Waals surface area (Å²) in [5.41, 5.74) is 1.12. The molecule has 2 nitrogen and oxygen atoms in total. The van der Waals surface area contributed by atoms with Gasteiger partial charge in [-0.25, -0.2) is 4.98 Å². The third kappa shape index (κ3) is 4.07. The molecule has 96 valence electrons. The third-order valence-corrected chi connectivity index (χ3v) is 4.09. The molecule has 0 radical (unpaired) electrons. The van der Waals surface area contributed by atoms with E-state index in [4.69, 9.17) is 16.3 Å². The van der Waals surface area contributed by atoms with Crippen LogP contribution in [0.5, 0.6) is 5.88 Å². The Kier molecular flexibility index (Phi) is 5.14. The molecule has 0 aliphatic rings. The molecular formula is C13H20ClNOS. The van der Waals surface area contributed by atoms with E-state index >= 15 is 0 Å². The van der Waals surface area contributed by atoms with E-state index in [0.717, 1.165) is 5.56 Å². The van der Waals surface area contributed by atoms with Gasteiger partial charge in [0.1, 0.15) is 5.02 Å². The number of nitrogens with zero attached hydrogens (tertiary/aromatic N) is 1. The fourth-order valence-corrected chi connectivity index (χ4v) is 1.79. The summed E-state index contributed by atoms with van der Waals surface area (Å²) in [7, 11) is 0. The Bertz CT molecular complexity index is 380. The van der Waals surface area contributed by atoms with Crippen molar-refractivity contribution in [3.63, 3.8) is 0 Å². The van der Waals surface area contributed by atoms with E-state index < -0.39 is 0 Å². The van der Waals surface area contributed by atoms with Crippen molar-refractivity contribution < 1.29 is 4.74 Å². The molecule has 0 bridgehead atoms. The van der Waals surface area contributed by atoms with Crippen LogP contribution in [-0.4, -0.2) is 17.8 Å². The quantitative estimate of drug-likeness (QED) is 0.795. The maximum atomic E-state index is 6.18. The minimum Gasteiger partial charge on any atom is -0.476 e. The maximum absolute atomic E-state index is 6.18. The predicted octanol–water partition coefficient (Wildman–Crippen LogP) is 4.37. The van der Waals surface area contributed by atoms with Crippen LogP contribution in [0.3, 0.4) is 0 Å². The van der Waals surface area contributed by atoms with Crippen LogP contribution >= 0.6 is 23.4 Å². The molecule has 0 saturated heterocycles. The van der Waals surface area contributed by atoms with Gasteiger partial charge in [0.2, 0.25) is 5.88 Å². The average Bonchev–Trinajstić information content (AvgIpc) is 2.27. The number of ether oxygens (including phenoxy) is 1. The summed E-state index contributed by atoms with van der Waals surface area (Å²) in [5.74, 6) is 0.996.